The number of hydrogen-bond donors (Lipinski definition) is 1. The minimum atomic E-state index is 0.178. The summed E-state index contributed by atoms with van der Waals surface area (Å²) in [5.74, 6) is 0. The van der Waals surface area contributed by atoms with Crippen LogP contribution in [-0.4, -0.2) is 29.0 Å². The first-order valence-corrected chi connectivity index (χ1v) is 5.18. The van der Waals surface area contributed by atoms with Crippen molar-refractivity contribution in [3.05, 3.63) is 30.1 Å². The normalized spacial score (nSPS) is 21.3. The first kappa shape index (κ1) is 9.62. The number of aromatic nitrogens is 1. The molecule has 0 spiro atoms. The Kier molecular flexibility index (Phi) is 2.79. The quantitative estimate of drug-likeness (QED) is 0.780. The topological polar surface area (TPSA) is 42.1 Å². The number of pyridine rings is 1. The Morgan fingerprint density at radius 1 is 1.36 bits per heavy atom. The maximum absolute atomic E-state index is 6.02. The second kappa shape index (κ2) is 4.07. The fourth-order valence-electron chi connectivity index (χ4n) is 2.03. The standard InChI is InChI=1S/C11H17N3/c1-9(12)11(14-7-2-8-14)10-3-5-13-6-4-10/h3-6,9,11H,2,7-8,12H2,1H3. The van der Waals surface area contributed by atoms with E-state index in [1.807, 2.05) is 12.4 Å². The molecular weight excluding hydrogens is 174 g/mol. The van der Waals surface area contributed by atoms with Crippen LogP contribution in [0.3, 0.4) is 0 Å². The summed E-state index contributed by atoms with van der Waals surface area (Å²) in [7, 11) is 0. The Bertz CT molecular complexity index is 280. The van der Waals surface area contributed by atoms with Crippen molar-refractivity contribution in [3.63, 3.8) is 0 Å². The van der Waals surface area contributed by atoms with Crippen molar-refractivity contribution in [2.75, 3.05) is 13.1 Å². The summed E-state index contributed by atoms with van der Waals surface area (Å²) < 4.78 is 0. The highest BCUT2D eigenvalue weighted by Gasteiger charge is 2.27. The van der Waals surface area contributed by atoms with Gasteiger partial charge in [0.2, 0.25) is 0 Å². The summed E-state index contributed by atoms with van der Waals surface area (Å²) in [5.41, 5.74) is 7.30. The van der Waals surface area contributed by atoms with Gasteiger partial charge in [0.05, 0.1) is 0 Å². The molecule has 0 bridgehead atoms. The predicted octanol–water partition coefficient (Wildman–Crippen LogP) is 1.18. The lowest BCUT2D eigenvalue weighted by Crippen LogP contribution is -2.46. The van der Waals surface area contributed by atoms with E-state index in [1.54, 1.807) is 0 Å². The van der Waals surface area contributed by atoms with Crippen molar-refractivity contribution >= 4 is 0 Å². The SMILES string of the molecule is CC(N)C(c1ccncc1)N1CCC1. The minimum absolute atomic E-state index is 0.178. The van der Waals surface area contributed by atoms with Crippen molar-refractivity contribution in [1.82, 2.24) is 9.88 Å². The van der Waals surface area contributed by atoms with Crippen LogP contribution < -0.4 is 5.73 Å². The van der Waals surface area contributed by atoms with Crippen molar-refractivity contribution in [1.29, 1.82) is 0 Å². The van der Waals surface area contributed by atoms with E-state index in [0.29, 0.717) is 6.04 Å². The van der Waals surface area contributed by atoms with E-state index in [-0.39, 0.29) is 6.04 Å². The van der Waals surface area contributed by atoms with E-state index in [4.69, 9.17) is 5.73 Å². The monoisotopic (exact) mass is 191 g/mol. The zero-order valence-corrected chi connectivity index (χ0v) is 8.56. The molecular formula is C11H17N3. The summed E-state index contributed by atoms with van der Waals surface area (Å²) in [6.45, 7) is 4.42. The van der Waals surface area contributed by atoms with Gasteiger partial charge in [-0.2, -0.15) is 0 Å². The molecule has 2 rings (SSSR count). The average Bonchev–Trinajstić information content (AvgIpc) is 2.12. The first-order chi connectivity index (χ1) is 6.79. The fraction of sp³-hybridized carbons (Fsp3) is 0.545. The van der Waals surface area contributed by atoms with Gasteiger partial charge in [-0.25, -0.2) is 0 Å². The van der Waals surface area contributed by atoms with Crippen LogP contribution in [0.2, 0.25) is 0 Å². The van der Waals surface area contributed by atoms with Crippen LogP contribution in [0.1, 0.15) is 24.9 Å². The van der Waals surface area contributed by atoms with Crippen LogP contribution >= 0.6 is 0 Å². The molecule has 0 amide bonds. The van der Waals surface area contributed by atoms with E-state index in [0.717, 1.165) is 0 Å². The molecule has 1 aromatic rings. The number of likely N-dealkylation sites (tertiary alicyclic amines) is 1. The van der Waals surface area contributed by atoms with Gasteiger partial charge in [-0.3, -0.25) is 9.88 Å². The maximum Gasteiger partial charge on any atom is 0.0497 e. The van der Waals surface area contributed by atoms with Gasteiger partial charge in [0, 0.05) is 37.6 Å². The third-order valence-electron chi connectivity index (χ3n) is 2.83. The molecule has 0 aliphatic carbocycles. The van der Waals surface area contributed by atoms with Crippen molar-refractivity contribution < 1.29 is 0 Å². The second-order valence-electron chi connectivity index (χ2n) is 3.97. The molecule has 1 saturated heterocycles. The summed E-state index contributed by atoms with van der Waals surface area (Å²) >= 11 is 0. The van der Waals surface area contributed by atoms with Gasteiger partial charge in [0.1, 0.15) is 0 Å². The van der Waals surface area contributed by atoms with Crippen molar-refractivity contribution in [2.24, 2.45) is 5.73 Å². The van der Waals surface area contributed by atoms with Crippen LogP contribution in [0.15, 0.2) is 24.5 Å². The van der Waals surface area contributed by atoms with Crippen molar-refractivity contribution in [3.8, 4) is 0 Å². The van der Waals surface area contributed by atoms with Crippen LogP contribution in [0.25, 0.3) is 0 Å². The largest absolute Gasteiger partial charge is 0.326 e. The fourth-order valence-corrected chi connectivity index (χ4v) is 2.03. The van der Waals surface area contributed by atoms with Gasteiger partial charge < -0.3 is 5.73 Å². The molecule has 2 N–H and O–H groups in total. The smallest absolute Gasteiger partial charge is 0.0497 e. The molecule has 14 heavy (non-hydrogen) atoms. The summed E-state index contributed by atoms with van der Waals surface area (Å²) in [5, 5.41) is 0. The van der Waals surface area contributed by atoms with Crippen molar-refractivity contribution in [2.45, 2.75) is 25.4 Å². The second-order valence-corrected chi connectivity index (χ2v) is 3.97. The van der Waals surface area contributed by atoms with Gasteiger partial charge in [-0.15, -0.1) is 0 Å². The summed E-state index contributed by atoms with van der Waals surface area (Å²) in [4.78, 5) is 6.46. The summed E-state index contributed by atoms with van der Waals surface area (Å²) in [6.07, 6.45) is 4.98. The molecule has 1 aliphatic heterocycles. The predicted molar refractivity (Wildman–Crippen MR) is 56.8 cm³/mol. The zero-order chi connectivity index (χ0) is 9.97. The highest BCUT2D eigenvalue weighted by atomic mass is 15.2. The van der Waals surface area contributed by atoms with Crippen LogP contribution in [-0.2, 0) is 0 Å². The molecule has 0 aromatic carbocycles. The van der Waals surface area contributed by atoms with E-state index in [2.05, 4.69) is 28.9 Å². The molecule has 3 nitrogen and oxygen atoms in total. The maximum atomic E-state index is 6.02. The Labute approximate surface area is 84.9 Å². The molecule has 2 heterocycles. The first-order valence-electron chi connectivity index (χ1n) is 5.18. The number of nitrogens with two attached hydrogens (primary N) is 1. The van der Waals surface area contributed by atoms with Gasteiger partial charge in [0.15, 0.2) is 0 Å². The van der Waals surface area contributed by atoms with E-state index in [9.17, 15) is 0 Å². The molecule has 1 aliphatic rings. The van der Waals surface area contributed by atoms with Gasteiger partial charge in [0.25, 0.3) is 0 Å². The summed E-state index contributed by atoms with van der Waals surface area (Å²) in [6, 6.07) is 4.67. The van der Waals surface area contributed by atoms with E-state index >= 15 is 0 Å². The molecule has 1 aromatic heterocycles. The molecule has 0 saturated carbocycles. The molecule has 2 unspecified atom stereocenters. The third kappa shape index (κ3) is 1.79. The van der Waals surface area contributed by atoms with Gasteiger partial charge in [-0.1, -0.05) is 0 Å². The number of rotatable bonds is 3. The average molecular weight is 191 g/mol. The molecule has 3 heteroatoms. The Morgan fingerprint density at radius 2 is 2.00 bits per heavy atom. The Hall–Kier alpha value is -0.930. The molecule has 1 fully saturated rings. The van der Waals surface area contributed by atoms with E-state index < -0.39 is 0 Å². The lowest BCUT2D eigenvalue weighted by atomic mass is 9.97. The van der Waals surface area contributed by atoms with Crippen LogP contribution in [0.5, 0.6) is 0 Å². The molecule has 2 atom stereocenters. The number of hydrogen-bond acceptors (Lipinski definition) is 3. The Balaban J connectivity index is 2.18. The third-order valence-corrected chi connectivity index (χ3v) is 2.83. The highest BCUT2D eigenvalue weighted by molar-refractivity contribution is 5.17. The highest BCUT2D eigenvalue weighted by Crippen LogP contribution is 2.27. The molecule has 0 radical (unpaired) electrons. The van der Waals surface area contributed by atoms with Crippen LogP contribution in [0, 0.1) is 0 Å². The number of nitrogens with zero attached hydrogens (tertiary/aromatic N) is 2. The van der Waals surface area contributed by atoms with Gasteiger partial charge in [-0.05, 0) is 31.0 Å². The molecule has 76 valence electrons. The lowest BCUT2D eigenvalue weighted by molar-refractivity contribution is 0.103. The zero-order valence-electron chi connectivity index (χ0n) is 8.56. The lowest BCUT2D eigenvalue weighted by Gasteiger charge is -2.40. The van der Waals surface area contributed by atoms with Gasteiger partial charge >= 0.3 is 0 Å². The minimum Gasteiger partial charge on any atom is -0.326 e. The Morgan fingerprint density at radius 3 is 2.43 bits per heavy atom. The van der Waals surface area contributed by atoms with Crippen LogP contribution in [0.4, 0.5) is 0 Å². The van der Waals surface area contributed by atoms with E-state index in [1.165, 1.54) is 25.1 Å².